The predicted molar refractivity (Wildman–Crippen MR) is 148 cm³/mol. The maximum absolute atomic E-state index is 12.4. The molecule has 1 saturated carbocycles. The SMILES string of the molecule is O=C(O)c1cc(NC(=S)NCCNC2CCCC2)ccc1-c1c2ccc(=O)cc-2oc2cc(O)ccc12. The average Bonchev–Trinajstić information content (AvgIpc) is 3.39. The molecule has 0 atom stereocenters. The summed E-state index contributed by atoms with van der Waals surface area (Å²) in [4.78, 5) is 24.3. The Labute approximate surface area is 218 Å². The zero-order chi connectivity index (χ0) is 25.9. The van der Waals surface area contributed by atoms with Gasteiger partial charge in [-0.1, -0.05) is 18.9 Å². The summed E-state index contributed by atoms with van der Waals surface area (Å²) < 4.78 is 5.88. The molecule has 9 heteroatoms. The summed E-state index contributed by atoms with van der Waals surface area (Å²) in [5.74, 6) is -0.812. The van der Waals surface area contributed by atoms with Gasteiger partial charge in [0, 0.05) is 53.5 Å². The quantitative estimate of drug-likeness (QED) is 0.134. The molecule has 0 amide bonds. The highest BCUT2D eigenvalue weighted by Crippen LogP contribution is 2.42. The van der Waals surface area contributed by atoms with Crippen molar-refractivity contribution in [2.75, 3.05) is 18.4 Å². The number of carboxylic acid groups (broad SMARTS) is 1. The van der Waals surface area contributed by atoms with Crippen LogP contribution in [0, 0.1) is 0 Å². The van der Waals surface area contributed by atoms with Crippen LogP contribution in [0.4, 0.5) is 5.69 Å². The largest absolute Gasteiger partial charge is 0.508 e. The van der Waals surface area contributed by atoms with Crippen LogP contribution < -0.4 is 21.4 Å². The van der Waals surface area contributed by atoms with E-state index in [0.717, 1.165) is 6.54 Å². The van der Waals surface area contributed by atoms with Crippen molar-refractivity contribution in [1.29, 1.82) is 0 Å². The number of phenolic OH excluding ortho intramolecular Hbond substituents is 1. The van der Waals surface area contributed by atoms with Gasteiger partial charge in [-0.15, -0.1) is 0 Å². The van der Waals surface area contributed by atoms with E-state index >= 15 is 0 Å². The molecule has 0 spiro atoms. The molecular formula is C28H27N3O5S. The number of carboxylic acids is 1. The highest BCUT2D eigenvalue weighted by molar-refractivity contribution is 7.80. The Morgan fingerprint density at radius 1 is 1.00 bits per heavy atom. The number of aromatic hydroxyl groups is 1. The minimum absolute atomic E-state index is 0.00251. The first-order valence-electron chi connectivity index (χ1n) is 12.2. The molecule has 8 nitrogen and oxygen atoms in total. The second-order valence-corrected chi connectivity index (χ2v) is 9.61. The summed E-state index contributed by atoms with van der Waals surface area (Å²) >= 11 is 5.41. The Balaban J connectivity index is 1.44. The third kappa shape index (κ3) is 5.42. The zero-order valence-corrected chi connectivity index (χ0v) is 20.9. The number of nitrogens with one attached hydrogen (secondary N) is 3. The summed E-state index contributed by atoms with van der Waals surface area (Å²) in [5.41, 5.74) is 2.34. The highest BCUT2D eigenvalue weighted by atomic mass is 32.1. The van der Waals surface area contributed by atoms with Crippen molar-refractivity contribution in [2.45, 2.75) is 31.7 Å². The Morgan fingerprint density at radius 2 is 1.78 bits per heavy atom. The third-order valence-electron chi connectivity index (χ3n) is 6.65. The number of phenols is 1. The van der Waals surface area contributed by atoms with Crippen LogP contribution in [0.2, 0.25) is 0 Å². The van der Waals surface area contributed by atoms with E-state index in [0.29, 0.717) is 56.8 Å². The smallest absolute Gasteiger partial charge is 0.336 e. The standard InChI is InChI=1S/C28H27N3O5S/c32-18-6-9-21-24(14-18)36-25-15-19(33)7-10-22(25)26(21)20-8-5-17(13-23(20)27(34)35)31-28(37)30-12-11-29-16-3-1-2-4-16/h5-10,13-16,29,32H,1-4,11-12H2,(H,34,35)(H2,30,31,37). The van der Waals surface area contributed by atoms with Gasteiger partial charge in [0.2, 0.25) is 0 Å². The first kappa shape index (κ1) is 24.7. The van der Waals surface area contributed by atoms with Crippen LogP contribution in [0.1, 0.15) is 36.0 Å². The normalized spacial score (nSPS) is 13.7. The number of anilines is 1. The van der Waals surface area contributed by atoms with Gasteiger partial charge in [-0.3, -0.25) is 4.79 Å². The molecule has 2 aliphatic carbocycles. The summed E-state index contributed by atoms with van der Waals surface area (Å²) in [5, 5.41) is 30.8. The highest BCUT2D eigenvalue weighted by Gasteiger charge is 2.22. The van der Waals surface area contributed by atoms with Crippen molar-refractivity contribution < 1.29 is 19.4 Å². The Hall–Kier alpha value is -3.95. The molecule has 0 aromatic heterocycles. The van der Waals surface area contributed by atoms with Crippen molar-refractivity contribution in [2.24, 2.45) is 0 Å². The lowest BCUT2D eigenvalue weighted by Crippen LogP contribution is -2.37. The van der Waals surface area contributed by atoms with E-state index in [1.54, 1.807) is 24.3 Å². The summed E-state index contributed by atoms with van der Waals surface area (Å²) in [6, 6.07) is 14.6. The third-order valence-corrected chi connectivity index (χ3v) is 6.90. The molecule has 0 saturated heterocycles. The first-order valence-corrected chi connectivity index (χ1v) is 12.7. The number of rotatable bonds is 7. The molecule has 0 radical (unpaired) electrons. The number of carbonyl (C=O) groups is 1. The second-order valence-electron chi connectivity index (χ2n) is 9.20. The maximum Gasteiger partial charge on any atom is 0.336 e. The van der Waals surface area contributed by atoms with Gasteiger partial charge in [0.05, 0.1) is 5.56 Å². The molecule has 3 aliphatic rings. The molecule has 1 fully saturated rings. The monoisotopic (exact) mass is 517 g/mol. The van der Waals surface area contributed by atoms with Gasteiger partial charge in [0.1, 0.15) is 17.1 Å². The van der Waals surface area contributed by atoms with E-state index in [-0.39, 0.29) is 16.7 Å². The van der Waals surface area contributed by atoms with E-state index in [4.69, 9.17) is 16.6 Å². The lowest BCUT2D eigenvalue weighted by molar-refractivity contribution is 0.0697. The number of aromatic carboxylic acids is 1. The van der Waals surface area contributed by atoms with Crippen LogP contribution in [0.15, 0.2) is 63.8 Å². The molecule has 5 N–H and O–H groups in total. The van der Waals surface area contributed by atoms with Crippen LogP contribution >= 0.6 is 12.2 Å². The minimum Gasteiger partial charge on any atom is -0.508 e. The molecule has 190 valence electrons. The van der Waals surface area contributed by atoms with E-state index < -0.39 is 5.97 Å². The van der Waals surface area contributed by atoms with Crippen LogP contribution in [0.5, 0.6) is 5.75 Å². The van der Waals surface area contributed by atoms with E-state index in [2.05, 4.69) is 16.0 Å². The summed E-state index contributed by atoms with van der Waals surface area (Å²) in [6.07, 6.45) is 4.98. The number of benzene rings is 3. The first-order chi connectivity index (χ1) is 17.9. The van der Waals surface area contributed by atoms with Crippen molar-refractivity contribution in [1.82, 2.24) is 10.6 Å². The van der Waals surface area contributed by atoms with Crippen molar-refractivity contribution >= 4 is 40.0 Å². The van der Waals surface area contributed by atoms with Gasteiger partial charge in [-0.2, -0.15) is 0 Å². The summed E-state index contributed by atoms with van der Waals surface area (Å²) in [7, 11) is 0. The van der Waals surface area contributed by atoms with Crippen LogP contribution in [0.25, 0.3) is 33.4 Å². The van der Waals surface area contributed by atoms with Crippen molar-refractivity contribution in [3.8, 4) is 28.2 Å². The predicted octanol–water partition coefficient (Wildman–Crippen LogP) is 4.79. The topological polar surface area (TPSA) is 124 Å². The lowest BCUT2D eigenvalue weighted by atomic mass is 9.90. The number of fused-ring (bicyclic) bond motifs is 2. The number of hydrogen-bond donors (Lipinski definition) is 5. The molecule has 1 aliphatic heterocycles. The maximum atomic E-state index is 12.4. The molecule has 37 heavy (non-hydrogen) atoms. The van der Waals surface area contributed by atoms with Gasteiger partial charge in [0.25, 0.3) is 0 Å². The summed E-state index contributed by atoms with van der Waals surface area (Å²) in [6.45, 7) is 1.46. The second kappa shape index (κ2) is 10.6. The molecule has 2 aromatic carbocycles. The fourth-order valence-electron chi connectivity index (χ4n) is 4.92. The molecule has 5 rings (SSSR count). The van der Waals surface area contributed by atoms with Gasteiger partial charge in [-0.05, 0) is 67.0 Å². The van der Waals surface area contributed by atoms with Gasteiger partial charge >= 0.3 is 5.97 Å². The van der Waals surface area contributed by atoms with Crippen molar-refractivity contribution in [3.05, 3.63) is 70.4 Å². The number of thiocarbonyl (C=S) groups is 1. The molecule has 2 aromatic rings. The number of hydrogen-bond acceptors (Lipinski definition) is 6. The Kier molecular flexibility index (Phi) is 7.07. The molecular weight excluding hydrogens is 490 g/mol. The lowest BCUT2D eigenvalue weighted by Gasteiger charge is -2.18. The van der Waals surface area contributed by atoms with Crippen LogP contribution in [-0.2, 0) is 0 Å². The van der Waals surface area contributed by atoms with Gasteiger partial charge < -0.3 is 30.6 Å². The minimum atomic E-state index is -1.11. The molecule has 0 unspecified atom stereocenters. The van der Waals surface area contributed by atoms with E-state index in [1.807, 2.05) is 0 Å². The fraction of sp³-hybridized carbons (Fsp3) is 0.250. The van der Waals surface area contributed by atoms with Crippen LogP contribution in [-0.4, -0.2) is 40.4 Å². The van der Waals surface area contributed by atoms with Gasteiger partial charge in [-0.25, -0.2) is 4.79 Å². The van der Waals surface area contributed by atoms with E-state index in [9.17, 15) is 19.8 Å². The van der Waals surface area contributed by atoms with Crippen LogP contribution in [0.3, 0.4) is 0 Å². The van der Waals surface area contributed by atoms with Gasteiger partial charge in [0.15, 0.2) is 10.5 Å². The Bertz CT molecular complexity index is 1510. The molecule has 1 heterocycles. The Morgan fingerprint density at radius 3 is 2.57 bits per heavy atom. The zero-order valence-electron chi connectivity index (χ0n) is 20.0. The van der Waals surface area contributed by atoms with E-state index in [1.165, 1.54) is 56.0 Å². The average molecular weight is 518 g/mol. The fourth-order valence-corrected chi connectivity index (χ4v) is 5.14. The van der Waals surface area contributed by atoms with Crippen molar-refractivity contribution in [3.63, 3.8) is 0 Å². The molecule has 0 bridgehead atoms.